The fourth-order valence-electron chi connectivity index (χ4n) is 2.45. The Kier molecular flexibility index (Phi) is 4.72. The Balaban J connectivity index is 1.54. The molecule has 0 aliphatic rings. The predicted octanol–water partition coefficient (Wildman–Crippen LogP) is 0.00460. The van der Waals surface area contributed by atoms with Crippen molar-refractivity contribution in [3.63, 3.8) is 0 Å². The molecule has 4 heterocycles. The molecule has 1 aromatic carbocycles. The van der Waals surface area contributed by atoms with E-state index in [0.29, 0.717) is 35.7 Å². The van der Waals surface area contributed by atoms with Gasteiger partial charge in [-0.25, -0.2) is 0 Å². The minimum atomic E-state index is -4.59. The summed E-state index contributed by atoms with van der Waals surface area (Å²) in [6.45, 7) is 0. The van der Waals surface area contributed by atoms with Crippen LogP contribution in [0.2, 0.25) is 5.02 Å². The largest absolute Gasteiger partial charge is 0.710 e. The van der Waals surface area contributed by atoms with Crippen LogP contribution in [-0.2, 0) is 4.57 Å². The van der Waals surface area contributed by atoms with Gasteiger partial charge in [-0.2, -0.15) is 4.57 Å². The molecule has 0 saturated heterocycles. The van der Waals surface area contributed by atoms with Crippen LogP contribution >= 0.6 is 35.4 Å². The van der Waals surface area contributed by atoms with E-state index in [4.69, 9.17) is 25.5 Å². The summed E-state index contributed by atoms with van der Waals surface area (Å²) >= 11 is 9.79. The third-order valence-corrected chi connectivity index (χ3v) is 6.00. The zero-order valence-corrected chi connectivity index (χ0v) is 17.8. The average Bonchev–Trinajstić information content (AvgIpc) is 3.52. The van der Waals surface area contributed by atoms with Gasteiger partial charge in [-0.05, 0) is 64.2 Å². The second kappa shape index (κ2) is 7.56. The van der Waals surface area contributed by atoms with E-state index < -0.39 is 7.82 Å². The smallest absolute Gasteiger partial charge is 0.360 e. The first-order valence-electron chi connectivity index (χ1n) is 7.92. The third kappa shape index (κ3) is 3.66. The van der Waals surface area contributed by atoms with E-state index in [-0.39, 0.29) is 5.82 Å². The number of rotatable bonds is 7. The summed E-state index contributed by atoms with van der Waals surface area (Å²) in [6.07, 6.45) is 3.62. The Morgan fingerprint density at radius 1 is 1.00 bits per heavy atom. The number of fused-ring (bicyclic) bond motifs is 1. The zero-order valence-electron chi connectivity index (χ0n) is 14.6. The maximum atomic E-state index is 13.3. The van der Waals surface area contributed by atoms with Crippen molar-refractivity contribution in [2.24, 2.45) is 0 Å². The van der Waals surface area contributed by atoms with Gasteiger partial charge in [0, 0.05) is 21.6 Å². The number of hydrogen-bond acceptors (Lipinski definition) is 13. The van der Waals surface area contributed by atoms with E-state index in [1.165, 1.54) is 0 Å². The van der Waals surface area contributed by atoms with Crippen LogP contribution in [0.15, 0.2) is 35.5 Å². The van der Waals surface area contributed by atoms with Crippen molar-refractivity contribution in [3.05, 3.63) is 40.5 Å². The van der Waals surface area contributed by atoms with Gasteiger partial charge in [0.05, 0.1) is 10.6 Å². The van der Waals surface area contributed by atoms with Gasteiger partial charge < -0.3 is 4.98 Å². The highest BCUT2D eigenvalue weighted by Gasteiger charge is 2.39. The highest BCUT2D eigenvalue weighted by molar-refractivity contribution is 9.10. The third-order valence-electron chi connectivity index (χ3n) is 3.62. The number of aromatic amines is 1. The van der Waals surface area contributed by atoms with Crippen LogP contribution in [0.25, 0.3) is 22.3 Å². The Morgan fingerprint density at radius 2 is 1.71 bits per heavy atom. The van der Waals surface area contributed by atoms with Crippen LogP contribution in [0.5, 0.6) is 0 Å². The first-order valence-corrected chi connectivity index (χ1v) is 10.6. The lowest BCUT2D eigenvalue weighted by molar-refractivity contribution is 0.0577. The second-order valence-electron chi connectivity index (χ2n) is 5.48. The molecule has 1 N–H and O–H groups in total. The monoisotopic (exact) mass is 529 g/mol. The second-order valence-corrected chi connectivity index (χ2v) is 8.10. The van der Waals surface area contributed by atoms with Crippen molar-refractivity contribution in [1.29, 1.82) is 0 Å². The Hall–Kier alpha value is -3.63. The van der Waals surface area contributed by atoms with Crippen molar-refractivity contribution in [1.82, 2.24) is 66.1 Å². The number of halogens is 2. The van der Waals surface area contributed by atoms with Gasteiger partial charge in [-0.15, -0.1) is 15.3 Å². The van der Waals surface area contributed by atoms with E-state index in [0.717, 1.165) is 17.5 Å². The molecule has 158 valence electrons. The first kappa shape index (κ1) is 19.3. The van der Waals surface area contributed by atoms with Crippen LogP contribution < -0.4 is 13.9 Å². The molecule has 0 fully saturated rings. The Bertz CT molecular complexity index is 1350. The van der Waals surface area contributed by atoms with Crippen LogP contribution in [0.1, 0.15) is 0 Å². The predicted molar refractivity (Wildman–Crippen MR) is 101 cm³/mol. The maximum Gasteiger partial charge on any atom is 0.710 e. The molecule has 0 aliphatic heterocycles. The molecule has 0 atom stereocenters. The van der Waals surface area contributed by atoms with Gasteiger partial charge in [0.2, 0.25) is 5.82 Å². The SMILES string of the molecule is O=P(On1cnnn1)(On1cnnn1)On1nnnc1-c1c[nH]c2ccc(Br)c(Cl)c12. The maximum absolute atomic E-state index is 13.3. The fraction of sp³-hybridized carbons (Fsp3) is 0. The lowest BCUT2D eigenvalue weighted by Gasteiger charge is -2.15. The molecule has 0 bridgehead atoms. The summed E-state index contributed by atoms with van der Waals surface area (Å²) in [7, 11) is -4.59. The number of aromatic nitrogens is 13. The number of benzene rings is 1. The Morgan fingerprint density at radius 3 is 2.35 bits per heavy atom. The zero-order chi connectivity index (χ0) is 21.4. The molecule has 4 aromatic heterocycles. The van der Waals surface area contributed by atoms with Crippen LogP contribution in [0.3, 0.4) is 0 Å². The number of phosphoric acid groups is 1. The lowest BCUT2D eigenvalue weighted by Crippen LogP contribution is -2.27. The lowest BCUT2D eigenvalue weighted by atomic mass is 10.1. The normalized spacial score (nSPS) is 11.7. The van der Waals surface area contributed by atoms with Gasteiger partial charge >= 0.3 is 7.82 Å². The Labute approximate surface area is 182 Å². The van der Waals surface area contributed by atoms with Crippen molar-refractivity contribution in [2.45, 2.75) is 0 Å². The number of nitrogens with zero attached hydrogens (tertiary/aromatic N) is 12. The summed E-state index contributed by atoms with van der Waals surface area (Å²) in [5.74, 6) is 0.0344. The number of H-pyrrole nitrogens is 1. The van der Waals surface area contributed by atoms with Crippen molar-refractivity contribution in [2.75, 3.05) is 0 Å². The van der Waals surface area contributed by atoms with Crippen LogP contribution in [-0.4, -0.2) is 66.1 Å². The molecular formula is C11H6BrClN13O4P. The van der Waals surface area contributed by atoms with Crippen molar-refractivity contribution >= 4 is 46.3 Å². The highest BCUT2D eigenvalue weighted by atomic mass is 79.9. The fourth-order valence-corrected chi connectivity index (χ4v) is 3.99. The minimum Gasteiger partial charge on any atom is -0.360 e. The summed E-state index contributed by atoms with van der Waals surface area (Å²) < 4.78 is 29.5. The molecule has 0 amide bonds. The molecule has 0 spiro atoms. The molecule has 20 heteroatoms. The summed E-state index contributed by atoms with van der Waals surface area (Å²) in [5.41, 5.74) is 1.15. The van der Waals surface area contributed by atoms with Gasteiger partial charge in [-0.1, -0.05) is 21.3 Å². The standard InChI is InChI=1S/C11H6BrClN13O4P/c12-7-1-2-8-9(10(7)13)6(3-14-8)11-17-20-23-26(11)30-31(27,28-24-4-15-18-21-24)29-25-5-16-19-22-25/h1-5,14H. The highest BCUT2D eigenvalue weighted by Crippen LogP contribution is 2.40. The van der Waals surface area contributed by atoms with E-state index >= 15 is 0 Å². The quantitative estimate of drug-likeness (QED) is 0.277. The van der Waals surface area contributed by atoms with E-state index in [1.807, 2.05) is 0 Å². The first-order chi connectivity index (χ1) is 15.0. The van der Waals surface area contributed by atoms with Gasteiger partial charge in [0.25, 0.3) is 0 Å². The minimum absolute atomic E-state index is 0.0344. The van der Waals surface area contributed by atoms with Crippen LogP contribution in [0.4, 0.5) is 0 Å². The molecule has 5 rings (SSSR count). The molecule has 31 heavy (non-hydrogen) atoms. The molecule has 0 radical (unpaired) electrons. The molecule has 0 aliphatic carbocycles. The van der Waals surface area contributed by atoms with Crippen molar-refractivity contribution < 1.29 is 18.4 Å². The van der Waals surface area contributed by atoms with Gasteiger partial charge in [0.1, 0.15) is 0 Å². The van der Waals surface area contributed by atoms with Crippen LogP contribution in [0, 0.1) is 0 Å². The summed E-state index contributed by atoms with van der Waals surface area (Å²) in [6, 6.07) is 3.58. The van der Waals surface area contributed by atoms with E-state index in [9.17, 15) is 4.57 Å². The summed E-state index contributed by atoms with van der Waals surface area (Å²) in [5, 5.41) is 32.5. The van der Waals surface area contributed by atoms with E-state index in [1.54, 1.807) is 18.3 Å². The molecule has 5 aromatic rings. The topological polar surface area (TPSA) is 191 Å². The summed E-state index contributed by atoms with van der Waals surface area (Å²) in [4.78, 5) is 5.07. The van der Waals surface area contributed by atoms with Gasteiger partial charge in [-0.3, -0.25) is 13.9 Å². The number of tetrazole rings is 3. The van der Waals surface area contributed by atoms with Gasteiger partial charge in [0.15, 0.2) is 12.7 Å². The van der Waals surface area contributed by atoms with E-state index in [2.05, 4.69) is 67.5 Å². The molecule has 17 nitrogen and oxygen atoms in total. The molecular weight excluding hydrogens is 525 g/mol. The molecule has 0 saturated carbocycles. The number of hydrogen-bond donors (Lipinski definition) is 1. The number of nitrogens with one attached hydrogen (secondary N) is 1. The van der Waals surface area contributed by atoms with Crippen molar-refractivity contribution in [3.8, 4) is 11.4 Å². The molecule has 0 unspecified atom stereocenters. The average molecular weight is 531 g/mol.